The first kappa shape index (κ1) is 13.7. The highest BCUT2D eigenvalue weighted by Gasteiger charge is 2.32. The Labute approximate surface area is 114 Å². The van der Waals surface area contributed by atoms with E-state index in [4.69, 9.17) is 4.74 Å². The number of rotatable bonds is 5. The van der Waals surface area contributed by atoms with Crippen molar-refractivity contribution in [2.45, 2.75) is 32.4 Å². The van der Waals surface area contributed by atoms with Crippen LogP contribution in [-0.4, -0.2) is 31.1 Å². The summed E-state index contributed by atoms with van der Waals surface area (Å²) in [5.74, 6) is 1.49. The SMILES string of the molecule is COc1ccccc1CNC(=O)N(C)[C@H](C)C1CC1. The van der Waals surface area contributed by atoms with Gasteiger partial charge in [-0.3, -0.25) is 0 Å². The van der Waals surface area contributed by atoms with Crippen molar-refractivity contribution in [3.05, 3.63) is 29.8 Å². The van der Waals surface area contributed by atoms with Crippen LogP contribution in [-0.2, 0) is 6.54 Å². The summed E-state index contributed by atoms with van der Waals surface area (Å²) in [7, 11) is 3.50. The molecule has 1 N–H and O–H groups in total. The molecule has 4 heteroatoms. The van der Waals surface area contributed by atoms with Crippen LogP contribution in [0.15, 0.2) is 24.3 Å². The van der Waals surface area contributed by atoms with E-state index in [1.807, 2.05) is 31.3 Å². The second-order valence-electron chi connectivity index (χ2n) is 5.16. The molecule has 1 aromatic rings. The number of nitrogens with one attached hydrogen (secondary N) is 1. The fourth-order valence-corrected chi connectivity index (χ4v) is 2.22. The van der Waals surface area contributed by atoms with E-state index in [9.17, 15) is 4.79 Å². The Morgan fingerprint density at radius 1 is 1.47 bits per heavy atom. The third-order valence-electron chi connectivity index (χ3n) is 3.86. The molecule has 0 saturated heterocycles. The van der Waals surface area contributed by atoms with Crippen molar-refractivity contribution in [2.24, 2.45) is 5.92 Å². The molecule has 19 heavy (non-hydrogen) atoms. The van der Waals surface area contributed by atoms with Crippen LogP contribution in [0.5, 0.6) is 5.75 Å². The van der Waals surface area contributed by atoms with E-state index in [1.165, 1.54) is 12.8 Å². The van der Waals surface area contributed by atoms with Gasteiger partial charge in [-0.05, 0) is 31.7 Å². The zero-order valence-electron chi connectivity index (χ0n) is 11.8. The molecule has 0 radical (unpaired) electrons. The molecule has 0 aliphatic heterocycles. The third-order valence-corrected chi connectivity index (χ3v) is 3.86. The zero-order chi connectivity index (χ0) is 13.8. The Kier molecular flexibility index (Phi) is 4.30. The van der Waals surface area contributed by atoms with Crippen molar-refractivity contribution in [1.82, 2.24) is 10.2 Å². The van der Waals surface area contributed by atoms with Crippen molar-refractivity contribution >= 4 is 6.03 Å². The summed E-state index contributed by atoms with van der Waals surface area (Å²) in [5.41, 5.74) is 0.992. The highest BCUT2D eigenvalue weighted by atomic mass is 16.5. The lowest BCUT2D eigenvalue weighted by atomic mass is 10.2. The molecule has 1 aliphatic rings. The monoisotopic (exact) mass is 262 g/mol. The van der Waals surface area contributed by atoms with Gasteiger partial charge in [0.2, 0.25) is 0 Å². The first-order chi connectivity index (χ1) is 9.13. The Bertz CT molecular complexity index is 444. The number of benzene rings is 1. The minimum absolute atomic E-state index is 0.0229. The van der Waals surface area contributed by atoms with Crippen LogP contribution in [0.2, 0.25) is 0 Å². The summed E-state index contributed by atoms with van der Waals surface area (Å²) in [6.07, 6.45) is 2.48. The van der Waals surface area contributed by atoms with Crippen molar-refractivity contribution in [2.75, 3.05) is 14.2 Å². The van der Waals surface area contributed by atoms with Crippen LogP contribution >= 0.6 is 0 Å². The van der Waals surface area contributed by atoms with Crippen LogP contribution in [0.25, 0.3) is 0 Å². The van der Waals surface area contributed by atoms with Gasteiger partial charge in [0.15, 0.2) is 0 Å². The van der Waals surface area contributed by atoms with Crippen molar-refractivity contribution in [3.63, 3.8) is 0 Å². The summed E-state index contributed by atoms with van der Waals surface area (Å²) in [5, 5.41) is 2.94. The van der Waals surface area contributed by atoms with Gasteiger partial charge in [-0.2, -0.15) is 0 Å². The number of nitrogens with zero attached hydrogens (tertiary/aromatic N) is 1. The minimum Gasteiger partial charge on any atom is -0.496 e. The number of para-hydroxylation sites is 1. The highest BCUT2D eigenvalue weighted by molar-refractivity contribution is 5.74. The molecule has 1 aromatic carbocycles. The maximum absolute atomic E-state index is 12.1. The quantitative estimate of drug-likeness (QED) is 0.886. The van der Waals surface area contributed by atoms with Crippen molar-refractivity contribution in [1.29, 1.82) is 0 Å². The number of hydrogen-bond acceptors (Lipinski definition) is 2. The fraction of sp³-hybridized carbons (Fsp3) is 0.533. The van der Waals surface area contributed by atoms with Gasteiger partial charge in [0.05, 0.1) is 7.11 Å². The Balaban J connectivity index is 1.88. The van der Waals surface area contributed by atoms with Crippen LogP contribution < -0.4 is 10.1 Å². The predicted octanol–water partition coefficient (Wildman–Crippen LogP) is 2.64. The van der Waals surface area contributed by atoms with Gasteiger partial charge < -0.3 is 15.0 Å². The smallest absolute Gasteiger partial charge is 0.317 e. The third kappa shape index (κ3) is 3.40. The second-order valence-corrected chi connectivity index (χ2v) is 5.16. The van der Waals surface area contributed by atoms with Crippen LogP contribution in [0.3, 0.4) is 0 Å². The van der Waals surface area contributed by atoms with Gasteiger partial charge >= 0.3 is 6.03 Å². The zero-order valence-corrected chi connectivity index (χ0v) is 11.8. The number of hydrogen-bond donors (Lipinski definition) is 1. The average Bonchev–Trinajstić information content (AvgIpc) is 3.27. The molecule has 1 atom stereocenters. The van der Waals surface area contributed by atoms with Gasteiger partial charge in [-0.15, -0.1) is 0 Å². The highest BCUT2D eigenvalue weighted by Crippen LogP contribution is 2.34. The minimum atomic E-state index is -0.0229. The van der Waals surface area contributed by atoms with E-state index < -0.39 is 0 Å². The molecule has 0 spiro atoms. The summed E-state index contributed by atoms with van der Waals surface area (Å²) >= 11 is 0. The van der Waals surface area contributed by atoms with Crippen molar-refractivity contribution in [3.8, 4) is 5.75 Å². The molecule has 1 fully saturated rings. The predicted molar refractivity (Wildman–Crippen MR) is 75.2 cm³/mol. The van der Waals surface area contributed by atoms with E-state index in [1.54, 1.807) is 12.0 Å². The molecule has 1 saturated carbocycles. The number of urea groups is 1. The van der Waals surface area contributed by atoms with E-state index in [0.717, 1.165) is 11.3 Å². The number of carbonyl (C=O) groups is 1. The number of carbonyl (C=O) groups excluding carboxylic acids is 1. The molecule has 0 bridgehead atoms. The summed E-state index contributed by atoms with van der Waals surface area (Å²) in [6.45, 7) is 2.60. The Morgan fingerprint density at radius 2 is 2.16 bits per heavy atom. The summed E-state index contributed by atoms with van der Waals surface area (Å²) in [6, 6.07) is 8.02. The van der Waals surface area contributed by atoms with Crippen LogP contribution in [0, 0.1) is 5.92 Å². The lowest BCUT2D eigenvalue weighted by Crippen LogP contribution is -2.43. The summed E-state index contributed by atoms with van der Waals surface area (Å²) in [4.78, 5) is 13.9. The Hall–Kier alpha value is -1.71. The van der Waals surface area contributed by atoms with E-state index in [-0.39, 0.29) is 6.03 Å². The normalized spacial score (nSPS) is 15.7. The lowest BCUT2D eigenvalue weighted by molar-refractivity contribution is 0.187. The molecule has 2 rings (SSSR count). The molecule has 1 aliphatic carbocycles. The topological polar surface area (TPSA) is 41.6 Å². The standard InChI is InChI=1S/C15H22N2O2/c1-11(12-8-9-12)17(2)15(18)16-10-13-6-4-5-7-14(13)19-3/h4-7,11-12H,8-10H2,1-3H3,(H,16,18)/t11-/m1/s1. The van der Waals surface area contributed by atoms with Gasteiger partial charge in [-0.1, -0.05) is 18.2 Å². The number of ether oxygens (including phenoxy) is 1. The van der Waals surface area contributed by atoms with Gasteiger partial charge in [-0.25, -0.2) is 4.79 Å². The first-order valence-corrected chi connectivity index (χ1v) is 6.76. The van der Waals surface area contributed by atoms with E-state index in [0.29, 0.717) is 18.5 Å². The fourth-order valence-electron chi connectivity index (χ4n) is 2.22. The molecule has 2 amide bonds. The molecule has 104 valence electrons. The average molecular weight is 262 g/mol. The van der Waals surface area contributed by atoms with Gasteiger partial charge in [0.1, 0.15) is 5.75 Å². The van der Waals surface area contributed by atoms with Crippen LogP contribution in [0.1, 0.15) is 25.3 Å². The molecule has 0 aromatic heterocycles. The lowest BCUT2D eigenvalue weighted by Gasteiger charge is -2.25. The molecule has 4 nitrogen and oxygen atoms in total. The van der Waals surface area contributed by atoms with Gasteiger partial charge in [0.25, 0.3) is 0 Å². The van der Waals surface area contributed by atoms with E-state index >= 15 is 0 Å². The van der Waals surface area contributed by atoms with Crippen molar-refractivity contribution < 1.29 is 9.53 Å². The largest absolute Gasteiger partial charge is 0.496 e. The number of amides is 2. The molecule has 0 unspecified atom stereocenters. The first-order valence-electron chi connectivity index (χ1n) is 6.76. The molecular weight excluding hydrogens is 240 g/mol. The number of methoxy groups -OCH3 is 1. The summed E-state index contributed by atoms with van der Waals surface area (Å²) < 4.78 is 5.27. The second kappa shape index (κ2) is 5.95. The van der Waals surface area contributed by atoms with Crippen LogP contribution in [0.4, 0.5) is 4.79 Å². The van der Waals surface area contributed by atoms with Gasteiger partial charge in [0, 0.05) is 25.2 Å². The maximum Gasteiger partial charge on any atom is 0.317 e. The van der Waals surface area contributed by atoms with E-state index in [2.05, 4.69) is 12.2 Å². The Morgan fingerprint density at radius 3 is 2.79 bits per heavy atom. The molecular formula is C15H22N2O2. The maximum atomic E-state index is 12.1. The molecule has 0 heterocycles.